The Morgan fingerprint density at radius 1 is 1.41 bits per heavy atom. The van der Waals surface area contributed by atoms with Crippen LogP contribution in [-0.4, -0.2) is 58.2 Å². The third-order valence-electron chi connectivity index (χ3n) is 3.47. The molecule has 0 atom stereocenters. The average molecular weight is 305 g/mol. The van der Waals surface area contributed by atoms with Gasteiger partial charge in [-0.1, -0.05) is 0 Å². The predicted octanol–water partition coefficient (Wildman–Crippen LogP) is 0.754. The number of piperazine rings is 1. The minimum absolute atomic E-state index is 0.165. The summed E-state index contributed by atoms with van der Waals surface area (Å²) in [5.74, 6) is 0.574. The zero-order valence-electron chi connectivity index (χ0n) is 12.7. The van der Waals surface area contributed by atoms with Gasteiger partial charge in [0.15, 0.2) is 0 Å². The van der Waals surface area contributed by atoms with E-state index in [0.29, 0.717) is 25.5 Å². The SMILES string of the molecule is CC(C)(O)CN1CCN(c2ccc([N+](=O)[O-])c(C#N)n2)CC1. The van der Waals surface area contributed by atoms with Crippen molar-refractivity contribution < 1.29 is 10.0 Å². The van der Waals surface area contributed by atoms with Crippen LogP contribution >= 0.6 is 0 Å². The Bertz CT molecular complexity index is 597. The lowest BCUT2D eigenvalue weighted by molar-refractivity contribution is -0.385. The number of rotatable bonds is 4. The van der Waals surface area contributed by atoms with E-state index >= 15 is 0 Å². The maximum atomic E-state index is 10.8. The summed E-state index contributed by atoms with van der Waals surface area (Å²) in [6.07, 6.45) is 0. The summed E-state index contributed by atoms with van der Waals surface area (Å²) < 4.78 is 0. The highest BCUT2D eigenvalue weighted by Gasteiger charge is 2.24. The molecule has 1 aromatic heterocycles. The maximum absolute atomic E-state index is 10.8. The highest BCUT2D eigenvalue weighted by atomic mass is 16.6. The van der Waals surface area contributed by atoms with Crippen LogP contribution in [0.4, 0.5) is 11.5 Å². The van der Waals surface area contributed by atoms with Crippen molar-refractivity contribution in [3.8, 4) is 6.07 Å². The van der Waals surface area contributed by atoms with Crippen molar-refractivity contribution in [3.63, 3.8) is 0 Å². The second kappa shape index (κ2) is 6.25. The molecule has 1 aromatic rings. The van der Waals surface area contributed by atoms with Gasteiger partial charge in [0.2, 0.25) is 5.69 Å². The molecule has 0 spiro atoms. The van der Waals surface area contributed by atoms with Crippen LogP contribution in [0.3, 0.4) is 0 Å². The first kappa shape index (κ1) is 16.1. The Kier molecular flexibility index (Phi) is 4.59. The molecule has 1 aliphatic heterocycles. The molecule has 1 fully saturated rings. The number of nitro groups is 1. The molecule has 0 saturated carbocycles. The molecule has 2 heterocycles. The molecule has 8 nitrogen and oxygen atoms in total. The number of hydrogen-bond donors (Lipinski definition) is 1. The van der Waals surface area contributed by atoms with Crippen molar-refractivity contribution >= 4 is 11.5 Å². The number of β-amino-alcohol motifs (C(OH)–C–C–N with tert-alkyl or cyclic N) is 1. The number of aromatic nitrogens is 1. The Hall–Kier alpha value is -2.24. The number of hydrogen-bond acceptors (Lipinski definition) is 7. The Morgan fingerprint density at radius 2 is 2.05 bits per heavy atom. The molecule has 1 saturated heterocycles. The lowest BCUT2D eigenvalue weighted by Crippen LogP contribution is -2.50. The molecule has 0 amide bonds. The summed E-state index contributed by atoms with van der Waals surface area (Å²) in [5.41, 5.74) is -1.17. The zero-order chi connectivity index (χ0) is 16.3. The second-order valence-corrected chi connectivity index (χ2v) is 5.98. The summed E-state index contributed by atoms with van der Waals surface area (Å²) in [6, 6.07) is 4.67. The predicted molar refractivity (Wildman–Crippen MR) is 80.6 cm³/mol. The molecule has 2 rings (SSSR count). The fourth-order valence-electron chi connectivity index (χ4n) is 2.53. The first-order chi connectivity index (χ1) is 10.3. The number of aliphatic hydroxyl groups is 1. The van der Waals surface area contributed by atoms with E-state index in [-0.39, 0.29) is 11.4 Å². The minimum atomic E-state index is -0.734. The summed E-state index contributed by atoms with van der Waals surface area (Å²) in [4.78, 5) is 18.5. The maximum Gasteiger partial charge on any atom is 0.305 e. The van der Waals surface area contributed by atoms with Crippen LogP contribution in [-0.2, 0) is 0 Å². The molecule has 1 N–H and O–H groups in total. The van der Waals surface area contributed by atoms with Gasteiger partial charge in [-0.2, -0.15) is 5.26 Å². The standard InChI is InChI=1S/C14H19N5O3/c1-14(2,20)10-17-5-7-18(8-6-17)13-4-3-12(19(21)22)11(9-15)16-13/h3-4,20H,5-8,10H2,1-2H3. The first-order valence-electron chi connectivity index (χ1n) is 7.05. The van der Waals surface area contributed by atoms with Gasteiger partial charge >= 0.3 is 5.69 Å². The Labute approximate surface area is 128 Å². The average Bonchev–Trinajstić information content (AvgIpc) is 2.45. The van der Waals surface area contributed by atoms with Crippen LogP contribution in [0.25, 0.3) is 0 Å². The van der Waals surface area contributed by atoms with E-state index in [2.05, 4.69) is 9.88 Å². The van der Waals surface area contributed by atoms with Crippen molar-refractivity contribution in [3.05, 3.63) is 27.9 Å². The molecule has 22 heavy (non-hydrogen) atoms. The van der Waals surface area contributed by atoms with Crippen LogP contribution in [0.1, 0.15) is 19.5 Å². The molecule has 118 valence electrons. The van der Waals surface area contributed by atoms with Crippen LogP contribution in [0.2, 0.25) is 0 Å². The Balaban J connectivity index is 2.06. The zero-order valence-corrected chi connectivity index (χ0v) is 12.7. The second-order valence-electron chi connectivity index (χ2n) is 5.98. The van der Waals surface area contributed by atoms with E-state index in [4.69, 9.17) is 5.26 Å². The largest absolute Gasteiger partial charge is 0.389 e. The lowest BCUT2D eigenvalue weighted by atomic mass is 10.1. The molecule has 0 aromatic carbocycles. The van der Waals surface area contributed by atoms with Crippen molar-refractivity contribution in [1.29, 1.82) is 5.26 Å². The molecular formula is C14H19N5O3. The summed E-state index contributed by atoms with van der Waals surface area (Å²) in [5, 5.41) is 29.6. The van der Waals surface area contributed by atoms with Crippen LogP contribution < -0.4 is 4.90 Å². The quantitative estimate of drug-likeness (QED) is 0.646. The highest BCUT2D eigenvalue weighted by molar-refractivity contribution is 5.51. The fraction of sp³-hybridized carbons (Fsp3) is 0.571. The van der Waals surface area contributed by atoms with Gasteiger partial charge in [-0.05, 0) is 19.9 Å². The highest BCUT2D eigenvalue weighted by Crippen LogP contribution is 2.21. The lowest BCUT2D eigenvalue weighted by Gasteiger charge is -2.37. The monoisotopic (exact) mass is 305 g/mol. The number of pyridine rings is 1. The van der Waals surface area contributed by atoms with Crippen molar-refractivity contribution in [2.24, 2.45) is 0 Å². The number of nitrogens with zero attached hydrogens (tertiary/aromatic N) is 5. The van der Waals surface area contributed by atoms with Crippen LogP contribution in [0, 0.1) is 21.4 Å². The summed E-state index contributed by atoms with van der Waals surface area (Å²) in [6.45, 7) is 7.08. The summed E-state index contributed by atoms with van der Waals surface area (Å²) >= 11 is 0. The van der Waals surface area contributed by atoms with Crippen LogP contribution in [0.5, 0.6) is 0 Å². The molecule has 0 unspecified atom stereocenters. The smallest absolute Gasteiger partial charge is 0.305 e. The van der Waals surface area contributed by atoms with E-state index in [0.717, 1.165) is 13.1 Å². The minimum Gasteiger partial charge on any atom is -0.389 e. The van der Waals surface area contributed by atoms with Crippen LogP contribution in [0.15, 0.2) is 12.1 Å². The van der Waals surface area contributed by atoms with E-state index in [1.54, 1.807) is 26.0 Å². The van der Waals surface area contributed by atoms with Gasteiger partial charge in [0.25, 0.3) is 0 Å². The van der Waals surface area contributed by atoms with E-state index in [1.165, 1.54) is 6.07 Å². The number of anilines is 1. The van der Waals surface area contributed by atoms with Crippen molar-refractivity contribution in [2.75, 3.05) is 37.6 Å². The fourth-order valence-corrected chi connectivity index (χ4v) is 2.53. The van der Waals surface area contributed by atoms with Gasteiger partial charge in [0.1, 0.15) is 11.9 Å². The third-order valence-corrected chi connectivity index (χ3v) is 3.47. The molecular weight excluding hydrogens is 286 g/mol. The van der Waals surface area contributed by atoms with Gasteiger partial charge < -0.3 is 10.0 Å². The molecule has 1 aliphatic rings. The molecule has 0 aliphatic carbocycles. The molecule has 0 radical (unpaired) electrons. The van der Waals surface area contributed by atoms with Gasteiger partial charge in [0.05, 0.1) is 10.5 Å². The van der Waals surface area contributed by atoms with Gasteiger partial charge in [-0.25, -0.2) is 4.98 Å². The number of nitriles is 1. The third kappa shape index (κ3) is 3.90. The van der Waals surface area contributed by atoms with Gasteiger partial charge in [-0.15, -0.1) is 0 Å². The first-order valence-corrected chi connectivity index (χ1v) is 7.05. The van der Waals surface area contributed by atoms with E-state index < -0.39 is 10.5 Å². The van der Waals surface area contributed by atoms with Crippen molar-refractivity contribution in [2.45, 2.75) is 19.4 Å². The van der Waals surface area contributed by atoms with E-state index in [9.17, 15) is 15.2 Å². The normalized spacial score (nSPS) is 16.4. The van der Waals surface area contributed by atoms with Crippen molar-refractivity contribution in [1.82, 2.24) is 9.88 Å². The molecule has 0 bridgehead atoms. The summed E-state index contributed by atoms with van der Waals surface area (Å²) in [7, 11) is 0. The van der Waals surface area contributed by atoms with Gasteiger partial charge in [0, 0.05) is 38.8 Å². The topological polar surface area (TPSA) is 107 Å². The Morgan fingerprint density at radius 3 is 2.55 bits per heavy atom. The molecule has 8 heteroatoms. The van der Waals surface area contributed by atoms with E-state index in [1.807, 2.05) is 4.90 Å². The van der Waals surface area contributed by atoms with Gasteiger partial charge in [-0.3, -0.25) is 15.0 Å².